The predicted octanol–water partition coefficient (Wildman–Crippen LogP) is 1.46. The van der Waals surface area contributed by atoms with Gasteiger partial charge in [0, 0.05) is 2.74 Å². The van der Waals surface area contributed by atoms with E-state index in [0.29, 0.717) is 0 Å². The molecule has 1 aliphatic carbocycles. The zero-order valence-corrected chi connectivity index (χ0v) is 3.98. The van der Waals surface area contributed by atoms with Gasteiger partial charge in [-0.15, -0.1) is 0 Å². The lowest BCUT2D eigenvalue weighted by molar-refractivity contribution is 0.504. The van der Waals surface area contributed by atoms with Gasteiger partial charge in [0.1, 0.15) is 0 Å². The van der Waals surface area contributed by atoms with Gasteiger partial charge in [0.2, 0.25) is 6.08 Å². The minimum Gasteiger partial charge on any atom is -0.222 e. The van der Waals surface area contributed by atoms with Crippen LogP contribution in [0.25, 0.3) is 0 Å². The molecule has 0 aliphatic heterocycles. The van der Waals surface area contributed by atoms with Crippen LogP contribution in [0.3, 0.4) is 0 Å². The van der Waals surface area contributed by atoms with E-state index in [1.807, 2.05) is 0 Å². The molecule has 1 aliphatic rings. The molecule has 0 aromatic heterocycles. The summed E-state index contributed by atoms with van der Waals surface area (Å²) in [4.78, 5) is 8.35. The molecule has 0 bridgehead atoms. The van der Waals surface area contributed by atoms with Crippen molar-refractivity contribution in [3.63, 3.8) is 0 Å². The summed E-state index contributed by atoms with van der Waals surface area (Å²) in [5.74, 6) is 0. The van der Waals surface area contributed by atoms with Crippen molar-refractivity contribution in [2.24, 2.45) is 0 Å². The van der Waals surface area contributed by atoms with Crippen LogP contribution < -0.4 is 0 Å². The highest BCUT2D eigenvalue weighted by molar-refractivity contribution is 5.26. The normalized spacial score (nSPS) is 40.0. The fraction of sp³-hybridized carbons (Fsp3) is 0.800. The van der Waals surface area contributed by atoms with Crippen molar-refractivity contribution in [2.45, 2.75) is 25.6 Å². The van der Waals surface area contributed by atoms with Crippen molar-refractivity contribution in [1.29, 1.82) is 5.41 Å². The third-order valence-electron chi connectivity index (χ3n) is 0.667. The summed E-state index contributed by atoms with van der Waals surface area (Å²) in [5.41, 5.74) is 0. The first-order valence-electron chi connectivity index (χ1n) is 3.24. The van der Waals surface area contributed by atoms with Gasteiger partial charge in [-0.2, -0.15) is 0 Å². The molecule has 7 heavy (non-hydrogen) atoms. The highest BCUT2D eigenvalue weighted by Crippen LogP contribution is 2.15. The molecule has 0 unspecified atom stereocenters. The third kappa shape index (κ3) is 5.38. The Morgan fingerprint density at radius 2 is 1.86 bits per heavy atom. The molecule has 0 atom stereocenters. The Balaban J connectivity index is 0.000000187. The van der Waals surface area contributed by atoms with Crippen LogP contribution in [0.15, 0.2) is 0 Å². The first-order valence-corrected chi connectivity index (χ1v) is 2.09. The Hall–Kier alpha value is -0.620. The first kappa shape index (κ1) is 3.39. The molecular formula is C5H9NO. The summed E-state index contributed by atoms with van der Waals surface area (Å²) in [5, 5.41) is 5.40. The fourth-order valence-electron chi connectivity index (χ4n) is 0.167. The van der Waals surface area contributed by atoms with E-state index < -0.39 is 0 Å². The molecule has 0 aromatic rings. The number of hydrogen-bond acceptors (Lipinski definition) is 2. The number of hydrogen-bond donors (Lipinski definition) is 1. The molecule has 1 N–H and O–H groups in total. The summed E-state index contributed by atoms with van der Waals surface area (Å²) in [7, 11) is 0. The average molecular weight is 101 g/mol. The zero-order chi connectivity index (χ0) is 7.28. The second kappa shape index (κ2) is 5.38. The lowest BCUT2D eigenvalue weighted by atomic mass is 10.0. The monoisotopic (exact) mass is 101 g/mol. The molecule has 0 aromatic carbocycles. The van der Waals surface area contributed by atoms with E-state index in [2.05, 4.69) is 0 Å². The second-order valence-corrected chi connectivity index (χ2v) is 1.15. The van der Waals surface area contributed by atoms with Gasteiger partial charge in [-0.1, -0.05) is 25.6 Å². The molecule has 0 spiro atoms. The van der Waals surface area contributed by atoms with Gasteiger partial charge in [0.25, 0.3) is 0 Å². The molecule has 1 rings (SSSR count). The SMILES string of the molecule is N=C=O.[2H]C1CC([2H])C1. The summed E-state index contributed by atoms with van der Waals surface area (Å²) in [6.07, 6.45) is 2.57. The highest BCUT2D eigenvalue weighted by atomic mass is 16.1. The average Bonchev–Trinajstić information content (AvgIpc) is 1.65. The van der Waals surface area contributed by atoms with Crippen molar-refractivity contribution in [3.8, 4) is 0 Å². The molecular weight excluding hydrogens is 90.1 g/mol. The maximum Gasteiger partial charge on any atom is 0.231 e. The smallest absolute Gasteiger partial charge is 0.222 e. The molecule has 0 radical (unpaired) electrons. The minimum absolute atomic E-state index is 0.104. The Morgan fingerprint density at radius 3 is 1.86 bits per heavy atom. The number of nitrogens with one attached hydrogen (secondary N) is 1. The second-order valence-electron chi connectivity index (χ2n) is 1.15. The van der Waals surface area contributed by atoms with Gasteiger partial charge in [-0.3, -0.25) is 0 Å². The Kier molecular flexibility index (Phi) is 2.61. The maximum atomic E-state index is 8.35. The largest absolute Gasteiger partial charge is 0.231 e. The lowest BCUT2D eigenvalue weighted by Crippen LogP contribution is -1.85. The lowest BCUT2D eigenvalue weighted by Gasteiger charge is -2.05. The van der Waals surface area contributed by atoms with Crippen molar-refractivity contribution in [1.82, 2.24) is 0 Å². The third-order valence-corrected chi connectivity index (χ3v) is 0.667. The molecule has 1 fully saturated rings. The van der Waals surface area contributed by atoms with Gasteiger partial charge in [-0.05, 0) is 0 Å². The van der Waals surface area contributed by atoms with Crippen LogP contribution in [0, 0.1) is 5.41 Å². The molecule has 1 saturated carbocycles. The Bertz CT molecular complexity index is 99.5. The quantitative estimate of drug-likeness (QED) is 0.364. The van der Waals surface area contributed by atoms with Crippen LogP contribution in [0.1, 0.15) is 28.4 Å². The van der Waals surface area contributed by atoms with Crippen LogP contribution in [0.5, 0.6) is 0 Å². The van der Waals surface area contributed by atoms with E-state index in [-0.39, 0.29) is 12.8 Å². The van der Waals surface area contributed by atoms with E-state index in [9.17, 15) is 0 Å². The standard InChI is InChI=1S/C4H8.CHNO/c1-2-4-3-1;2-1-3/h1-4H2;2H/i1D,4D;. The Labute approximate surface area is 45.9 Å². The van der Waals surface area contributed by atoms with Gasteiger partial charge in [-0.25, -0.2) is 10.2 Å². The fourth-order valence-corrected chi connectivity index (χ4v) is 0.167. The molecule has 0 amide bonds. The van der Waals surface area contributed by atoms with Crippen molar-refractivity contribution in [2.75, 3.05) is 0 Å². The van der Waals surface area contributed by atoms with E-state index in [4.69, 9.17) is 12.9 Å². The molecule has 2 heteroatoms. The zero-order valence-electron chi connectivity index (χ0n) is 5.98. The summed E-state index contributed by atoms with van der Waals surface area (Å²) in [6, 6.07) is 0. The maximum absolute atomic E-state index is 8.35. The Morgan fingerprint density at radius 1 is 1.57 bits per heavy atom. The number of carbonyl (C=O) groups excluding carboxylic acids is 1. The van der Waals surface area contributed by atoms with Crippen molar-refractivity contribution >= 4 is 6.08 Å². The van der Waals surface area contributed by atoms with Crippen molar-refractivity contribution < 1.29 is 7.54 Å². The van der Waals surface area contributed by atoms with Crippen LogP contribution >= 0.6 is 0 Å². The van der Waals surface area contributed by atoms with E-state index in [0.717, 1.165) is 18.9 Å². The number of isocyanates is 1. The molecule has 2 nitrogen and oxygen atoms in total. The van der Waals surface area contributed by atoms with E-state index >= 15 is 0 Å². The van der Waals surface area contributed by atoms with E-state index in [1.165, 1.54) is 0 Å². The van der Waals surface area contributed by atoms with Crippen LogP contribution in [0.2, 0.25) is 0 Å². The van der Waals surface area contributed by atoms with E-state index in [1.54, 1.807) is 0 Å². The van der Waals surface area contributed by atoms with Gasteiger partial charge < -0.3 is 0 Å². The van der Waals surface area contributed by atoms with Gasteiger partial charge in [0.05, 0.1) is 0 Å². The highest BCUT2D eigenvalue weighted by Gasteiger charge is 1.95. The van der Waals surface area contributed by atoms with Crippen LogP contribution in [0.4, 0.5) is 0 Å². The summed E-state index contributed by atoms with van der Waals surface area (Å²) >= 11 is 0. The predicted molar refractivity (Wildman–Crippen MR) is 26.9 cm³/mol. The number of rotatable bonds is 0. The minimum atomic E-state index is 0.104. The van der Waals surface area contributed by atoms with Gasteiger partial charge >= 0.3 is 0 Å². The molecule has 0 heterocycles. The molecule has 40 valence electrons. The molecule has 0 saturated heterocycles. The van der Waals surface area contributed by atoms with Gasteiger partial charge in [0.15, 0.2) is 0 Å². The van der Waals surface area contributed by atoms with Crippen LogP contribution in [-0.4, -0.2) is 6.08 Å². The summed E-state index contributed by atoms with van der Waals surface area (Å²) < 4.78 is 13.8. The first-order chi connectivity index (χ1) is 4.20. The summed E-state index contributed by atoms with van der Waals surface area (Å²) in [6.45, 7) is 0. The van der Waals surface area contributed by atoms with Crippen molar-refractivity contribution in [3.05, 3.63) is 0 Å². The topological polar surface area (TPSA) is 40.9 Å². The van der Waals surface area contributed by atoms with Crippen LogP contribution in [-0.2, 0) is 4.79 Å².